The van der Waals surface area contributed by atoms with E-state index >= 15 is 0 Å². The summed E-state index contributed by atoms with van der Waals surface area (Å²) in [5, 5.41) is 10.5. The highest BCUT2D eigenvalue weighted by Crippen LogP contribution is 2.40. The van der Waals surface area contributed by atoms with Crippen LogP contribution in [0.4, 0.5) is 4.79 Å². The molecule has 0 aliphatic carbocycles. The highest BCUT2D eigenvalue weighted by molar-refractivity contribution is 5.92. The number of cyclic esters (lactones) is 1. The van der Waals surface area contributed by atoms with Crippen molar-refractivity contribution >= 4 is 12.0 Å². The van der Waals surface area contributed by atoms with Crippen molar-refractivity contribution in [2.45, 2.75) is 44.3 Å². The van der Waals surface area contributed by atoms with Crippen molar-refractivity contribution in [3.63, 3.8) is 0 Å². The molecule has 2 heterocycles. The maximum atomic E-state index is 13.0. The molecule has 182 valence electrons. The van der Waals surface area contributed by atoms with Crippen LogP contribution in [0.15, 0.2) is 72.9 Å². The summed E-state index contributed by atoms with van der Waals surface area (Å²) in [4.78, 5) is 30.2. The van der Waals surface area contributed by atoms with Crippen LogP contribution in [0.3, 0.4) is 0 Å². The number of amides is 2. The van der Waals surface area contributed by atoms with Crippen molar-refractivity contribution in [1.82, 2.24) is 9.88 Å². The van der Waals surface area contributed by atoms with Gasteiger partial charge in [0, 0.05) is 37.7 Å². The molecule has 1 saturated heterocycles. The van der Waals surface area contributed by atoms with Gasteiger partial charge in [0.15, 0.2) is 0 Å². The summed E-state index contributed by atoms with van der Waals surface area (Å²) in [5.41, 5.74) is 7.51. The Morgan fingerprint density at radius 1 is 1.11 bits per heavy atom. The largest absolute Gasteiger partial charge is 0.438 e. The number of carbonyl (C=O) groups excluding carboxylic acids is 2. The Hall–Kier alpha value is -3.71. The minimum atomic E-state index is -0.977. The molecule has 0 bridgehead atoms. The number of hydrogen-bond acceptors (Lipinski definition) is 5. The van der Waals surface area contributed by atoms with Gasteiger partial charge in [0.05, 0.1) is 16.9 Å². The van der Waals surface area contributed by atoms with Crippen molar-refractivity contribution in [1.29, 1.82) is 0 Å². The van der Waals surface area contributed by atoms with Crippen LogP contribution in [0.1, 0.15) is 48.2 Å². The number of benzene rings is 2. The molecular formula is C28H31N3O4. The lowest BCUT2D eigenvalue weighted by Gasteiger charge is -2.44. The first-order valence-corrected chi connectivity index (χ1v) is 11.8. The lowest BCUT2D eigenvalue weighted by atomic mass is 9.80. The number of rotatable bonds is 8. The van der Waals surface area contributed by atoms with E-state index in [0.717, 1.165) is 22.4 Å². The molecule has 1 atom stereocenters. The number of aromatic nitrogens is 1. The van der Waals surface area contributed by atoms with E-state index in [2.05, 4.69) is 4.98 Å². The van der Waals surface area contributed by atoms with Crippen molar-refractivity contribution < 1.29 is 19.4 Å². The number of pyridine rings is 1. The van der Waals surface area contributed by atoms with Crippen molar-refractivity contribution in [2.24, 2.45) is 5.73 Å². The van der Waals surface area contributed by atoms with Crippen LogP contribution in [-0.4, -0.2) is 45.7 Å². The molecule has 7 nitrogen and oxygen atoms in total. The van der Waals surface area contributed by atoms with Gasteiger partial charge in [0.1, 0.15) is 5.60 Å². The summed E-state index contributed by atoms with van der Waals surface area (Å²) in [7, 11) is 0. The number of ether oxygens (including phenoxy) is 1. The van der Waals surface area contributed by atoms with E-state index in [1.807, 2.05) is 54.6 Å². The number of nitrogens with two attached hydrogens (primary N) is 1. The van der Waals surface area contributed by atoms with Crippen LogP contribution in [0.5, 0.6) is 0 Å². The SMILES string of the molecule is CC(C)(O)C[C@]1(c2ccccc2)CCN(CCc2ccc(-c3ccc(C(N)=O)cn3)cc2)C(=O)O1. The molecule has 3 aromatic rings. The monoisotopic (exact) mass is 473 g/mol. The van der Waals surface area contributed by atoms with Crippen LogP contribution in [0.25, 0.3) is 11.3 Å². The minimum Gasteiger partial charge on any atom is -0.438 e. The van der Waals surface area contributed by atoms with Crippen LogP contribution < -0.4 is 5.73 Å². The molecule has 7 heteroatoms. The second-order valence-electron chi connectivity index (χ2n) is 9.70. The van der Waals surface area contributed by atoms with Gasteiger partial charge >= 0.3 is 6.09 Å². The quantitative estimate of drug-likeness (QED) is 0.508. The van der Waals surface area contributed by atoms with E-state index in [0.29, 0.717) is 37.9 Å². The molecule has 2 aromatic carbocycles. The predicted molar refractivity (Wildman–Crippen MR) is 134 cm³/mol. The van der Waals surface area contributed by atoms with E-state index in [4.69, 9.17) is 10.5 Å². The number of carbonyl (C=O) groups is 2. The van der Waals surface area contributed by atoms with Gasteiger partial charge in [-0.15, -0.1) is 0 Å². The first-order chi connectivity index (χ1) is 16.7. The average molecular weight is 474 g/mol. The molecule has 0 unspecified atom stereocenters. The third-order valence-corrected chi connectivity index (χ3v) is 6.31. The molecular weight excluding hydrogens is 442 g/mol. The summed E-state index contributed by atoms with van der Waals surface area (Å²) in [6.45, 7) is 4.57. The summed E-state index contributed by atoms with van der Waals surface area (Å²) in [6.07, 6.45) is 2.74. The topological polar surface area (TPSA) is 106 Å². The van der Waals surface area contributed by atoms with Crippen molar-refractivity contribution in [3.8, 4) is 11.3 Å². The highest BCUT2D eigenvalue weighted by Gasteiger charge is 2.45. The van der Waals surface area contributed by atoms with Gasteiger partial charge in [-0.2, -0.15) is 0 Å². The zero-order valence-electron chi connectivity index (χ0n) is 20.1. The molecule has 0 spiro atoms. The second-order valence-corrected chi connectivity index (χ2v) is 9.70. The Morgan fingerprint density at radius 3 is 2.40 bits per heavy atom. The van der Waals surface area contributed by atoms with Crippen LogP contribution >= 0.6 is 0 Å². The molecule has 35 heavy (non-hydrogen) atoms. The second kappa shape index (κ2) is 9.88. The van der Waals surface area contributed by atoms with E-state index in [-0.39, 0.29) is 6.09 Å². The molecule has 2 amide bonds. The number of primary amides is 1. The standard InChI is InChI=1S/C28H31N3O4/c1-27(2,34)19-28(23-6-4-3-5-7-23)15-17-31(26(33)35-28)16-14-20-8-10-21(11-9-20)24-13-12-22(18-30-24)25(29)32/h3-13,18,34H,14-17,19H2,1-2H3,(H2,29,32)/t28-/m0/s1. The first kappa shape index (κ1) is 24.4. The maximum absolute atomic E-state index is 13.0. The zero-order valence-corrected chi connectivity index (χ0v) is 20.1. The summed E-state index contributed by atoms with van der Waals surface area (Å²) in [5.74, 6) is -0.503. The highest BCUT2D eigenvalue weighted by atomic mass is 16.6. The minimum absolute atomic E-state index is 0.333. The maximum Gasteiger partial charge on any atom is 0.410 e. The molecule has 1 aliphatic rings. The Labute approximate surface area is 205 Å². The van der Waals surface area contributed by atoms with E-state index in [1.54, 1.807) is 30.9 Å². The lowest BCUT2D eigenvalue weighted by molar-refractivity contribution is -0.0960. The molecule has 1 aromatic heterocycles. The molecule has 3 N–H and O–H groups in total. The van der Waals surface area contributed by atoms with Crippen molar-refractivity contribution in [2.75, 3.05) is 13.1 Å². The lowest BCUT2D eigenvalue weighted by Crippen LogP contribution is -2.51. The average Bonchev–Trinajstić information content (AvgIpc) is 2.83. The third kappa shape index (κ3) is 5.87. The van der Waals surface area contributed by atoms with E-state index in [1.165, 1.54) is 6.20 Å². The van der Waals surface area contributed by atoms with Gasteiger partial charge in [-0.25, -0.2) is 4.79 Å². The van der Waals surface area contributed by atoms with Crippen LogP contribution in [0, 0.1) is 0 Å². The van der Waals surface area contributed by atoms with Gasteiger partial charge in [0.25, 0.3) is 0 Å². The van der Waals surface area contributed by atoms with Gasteiger partial charge in [-0.1, -0.05) is 54.6 Å². The molecule has 0 saturated carbocycles. The summed E-state index contributed by atoms with van der Waals surface area (Å²) >= 11 is 0. The summed E-state index contributed by atoms with van der Waals surface area (Å²) < 4.78 is 6.03. The Balaban J connectivity index is 1.39. The normalized spacial score (nSPS) is 18.3. The third-order valence-electron chi connectivity index (χ3n) is 6.31. The first-order valence-electron chi connectivity index (χ1n) is 11.8. The Morgan fingerprint density at radius 2 is 1.83 bits per heavy atom. The van der Waals surface area contributed by atoms with E-state index in [9.17, 15) is 14.7 Å². The molecule has 4 rings (SSSR count). The van der Waals surface area contributed by atoms with Gasteiger partial charge in [-0.3, -0.25) is 9.78 Å². The number of hydrogen-bond donors (Lipinski definition) is 2. The fraction of sp³-hybridized carbons (Fsp3) is 0.321. The number of aliphatic hydroxyl groups is 1. The van der Waals surface area contributed by atoms with E-state index < -0.39 is 17.1 Å². The Bertz CT molecular complexity index is 1170. The van der Waals surface area contributed by atoms with Gasteiger partial charge < -0.3 is 20.5 Å². The van der Waals surface area contributed by atoms with Crippen LogP contribution in [0.2, 0.25) is 0 Å². The van der Waals surface area contributed by atoms with Gasteiger partial charge in [-0.05, 0) is 43.5 Å². The van der Waals surface area contributed by atoms with Crippen LogP contribution in [-0.2, 0) is 16.8 Å². The predicted octanol–water partition coefficient (Wildman–Crippen LogP) is 4.29. The molecule has 1 fully saturated rings. The Kier molecular flexibility index (Phi) is 6.89. The zero-order chi connectivity index (χ0) is 25.1. The van der Waals surface area contributed by atoms with Crippen molar-refractivity contribution in [3.05, 3.63) is 89.6 Å². The summed E-state index contributed by atoms with van der Waals surface area (Å²) in [6, 6.07) is 21.1. The smallest absolute Gasteiger partial charge is 0.410 e. The fourth-order valence-electron chi connectivity index (χ4n) is 4.58. The number of nitrogens with zero attached hydrogens (tertiary/aromatic N) is 2. The van der Waals surface area contributed by atoms with Gasteiger partial charge in [0.2, 0.25) is 5.91 Å². The molecule has 1 aliphatic heterocycles. The fourth-order valence-corrected chi connectivity index (χ4v) is 4.58. The molecule has 0 radical (unpaired) electrons.